The number of carbonyl (C=O) groups excluding carboxylic acids is 2. The minimum Gasteiger partial charge on any atom is -0.480 e. The smallest absolute Gasteiger partial charge is 0.323 e. The summed E-state index contributed by atoms with van der Waals surface area (Å²) in [5.74, 6) is -1.38. The van der Waals surface area contributed by atoms with Gasteiger partial charge in [-0.15, -0.1) is 0 Å². The van der Waals surface area contributed by atoms with Gasteiger partial charge in [-0.05, 0) is 32.1 Å². The SMILES string of the molecule is CC(=O)N(CC(=O)O)C1CCCN(C(=O)C2(C#N)CCCC2)CC1. The van der Waals surface area contributed by atoms with Crippen LogP contribution >= 0.6 is 0 Å². The van der Waals surface area contributed by atoms with E-state index in [1.54, 1.807) is 4.90 Å². The maximum absolute atomic E-state index is 12.8. The van der Waals surface area contributed by atoms with Crippen LogP contribution in [0.4, 0.5) is 0 Å². The van der Waals surface area contributed by atoms with Crippen LogP contribution in [0.5, 0.6) is 0 Å². The summed E-state index contributed by atoms with van der Waals surface area (Å²) in [5.41, 5.74) is -0.874. The first kappa shape index (κ1) is 18.2. The first-order valence-electron chi connectivity index (χ1n) is 8.59. The molecule has 7 nitrogen and oxygen atoms in total. The fraction of sp³-hybridized carbons (Fsp3) is 0.765. The lowest BCUT2D eigenvalue weighted by molar-refractivity contribution is -0.145. The van der Waals surface area contributed by atoms with Crippen LogP contribution in [0.3, 0.4) is 0 Å². The van der Waals surface area contributed by atoms with Gasteiger partial charge in [-0.2, -0.15) is 5.26 Å². The van der Waals surface area contributed by atoms with E-state index in [0.29, 0.717) is 45.2 Å². The molecule has 2 fully saturated rings. The van der Waals surface area contributed by atoms with Gasteiger partial charge in [0.1, 0.15) is 12.0 Å². The number of hydrogen-bond acceptors (Lipinski definition) is 4. The number of amides is 2. The van der Waals surface area contributed by atoms with E-state index in [4.69, 9.17) is 5.11 Å². The van der Waals surface area contributed by atoms with E-state index in [0.717, 1.165) is 12.8 Å². The van der Waals surface area contributed by atoms with Gasteiger partial charge in [0.15, 0.2) is 0 Å². The molecule has 2 aliphatic rings. The summed E-state index contributed by atoms with van der Waals surface area (Å²) in [7, 11) is 0. The Morgan fingerprint density at radius 3 is 2.42 bits per heavy atom. The van der Waals surface area contributed by atoms with Crippen LogP contribution in [0.15, 0.2) is 0 Å². The third kappa shape index (κ3) is 3.86. The molecule has 1 unspecified atom stereocenters. The molecule has 132 valence electrons. The first-order valence-corrected chi connectivity index (χ1v) is 8.59. The molecule has 0 bridgehead atoms. The van der Waals surface area contributed by atoms with Crippen molar-refractivity contribution in [2.45, 2.75) is 57.9 Å². The summed E-state index contributed by atoms with van der Waals surface area (Å²) in [6.07, 6.45) is 5.01. The average Bonchev–Trinajstić information content (AvgIpc) is 2.90. The number of hydrogen-bond donors (Lipinski definition) is 1. The second kappa shape index (κ2) is 7.65. The lowest BCUT2D eigenvalue weighted by Crippen LogP contribution is -2.44. The van der Waals surface area contributed by atoms with Crippen LogP contribution in [0.25, 0.3) is 0 Å². The van der Waals surface area contributed by atoms with Gasteiger partial charge in [0.2, 0.25) is 11.8 Å². The normalized spacial score (nSPS) is 23.2. The second-order valence-electron chi connectivity index (χ2n) is 6.82. The molecule has 7 heteroatoms. The standard InChI is InChI=1S/C17H25N3O4/c1-13(21)20(11-15(22)23)14-5-4-9-19(10-6-14)16(24)17(12-18)7-2-3-8-17/h14H,2-11H2,1H3,(H,22,23). The fourth-order valence-corrected chi connectivity index (χ4v) is 3.89. The van der Waals surface area contributed by atoms with Gasteiger partial charge in [-0.1, -0.05) is 12.8 Å². The number of nitriles is 1. The summed E-state index contributed by atoms with van der Waals surface area (Å²) in [6, 6.07) is 2.07. The molecule has 0 aromatic rings. The number of carboxylic acid groups (broad SMARTS) is 1. The van der Waals surface area contributed by atoms with Crippen LogP contribution in [-0.2, 0) is 14.4 Å². The molecule has 0 aromatic heterocycles. The molecular weight excluding hydrogens is 310 g/mol. The highest BCUT2D eigenvalue weighted by Gasteiger charge is 2.44. The van der Waals surface area contributed by atoms with E-state index in [1.807, 2.05) is 0 Å². The molecule has 1 atom stereocenters. The highest BCUT2D eigenvalue weighted by atomic mass is 16.4. The molecule has 24 heavy (non-hydrogen) atoms. The van der Waals surface area contributed by atoms with Gasteiger partial charge in [-0.3, -0.25) is 14.4 Å². The number of nitrogens with zero attached hydrogens (tertiary/aromatic N) is 3. The Hall–Kier alpha value is -2.10. The van der Waals surface area contributed by atoms with E-state index in [9.17, 15) is 19.6 Å². The Morgan fingerprint density at radius 2 is 1.88 bits per heavy atom. The molecule has 1 aliphatic heterocycles. The van der Waals surface area contributed by atoms with Crippen LogP contribution in [0, 0.1) is 16.7 Å². The van der Waals surface area contributed by atoms with E-state index < -0.39 is 11.4 Å². The number of aliphatic carboxylic acids is 1. The van der Waals surface area contributed by atoms with Gasteiger partial charge in [-0.25, -0.2) is 0 Å². The Kier molecular flexibility index (Phi) is 5.81. The van der Waals surface area contributed by atoms with Crippen molar-refractivity contribution in [3.05, 3.63) is 0 Å². The Balaban J connectivity index is 2.04. The summed E-state index contributed by atoms with van der Waals surface area (Å²) < 4.78 is 0. The number of carboxylic acids is 1. The monoisotopic (exact) mass is 335 g/mol. The largest absolute Gasteiger partial charge is 0.480 e. The van der Waals surface area contributed by atoms with Crippen molar-refractivity contribution in [3.63, 3.8) is 0 Å². The molecule has 2 amide bonds. The van der Waals surface area contributed by atoms with Crippen molar-refractivity contribution in [1.29, 1.82) is 5.26 Å². The second-order valence-corrected chi connectivity index (χ2v) is 6.82. The minimum absolute atomic E-state index is 0.0873. The number of carbonyl (C=O) groups is 3. The quantitative estimate of drug-likeness (QED) is 0.836. The minimum atomic E-state index is -1.03. The lowest BCUT2D eigenvalue weighted by atomic mass is 9.86. The molecular formula is C17H25N3O4. The number of likely N-dealkylation sites (tertiary alicyclic amines) is 1. The molecule has 2 rings (SSSR count). The van der Waals surface area contributed by atoms with Crippen LogP contribution < -0.4 is 0 Å². The molecule has 1 N–H and O–H groups in total. The van der Waals surface area contributed by atoms with Gasteiger partial charge >= 0.3 is 5.97 Å². The van der Waals surface area contributed by atoms with Crippen molar-refractivity contribution in [1.82, 2.24) is 9.80 Å². The van der Waals surface area contributed by atoms with Gasteiger partial charge in [0, 0.05) is 26.1 Å². The van der Waals surface area contributed by atoms with Crippen LogP contribution in [-0.4, -0.2) is 58.4 Å². The maximum Gasteiger partial charge on any atom is 0.323 e. The summed E-state index contributed by atoms with van der Waals surface area (Å²) in [4.78, 5) is 38.7. The zero-order chi connectivity index (χ0) is 17.7. The highest BCUT2D eigenvalue weighted by Crippen LogP contribution is 2.39. The lowest BCUT2D eigenvalue weighted by Gasteiger charge is -2.30. The van der Waals surface area contributed by atoms with E-state index in [1.165, 1.54) is 11.8 Å². The molecule has 0 radical (unpaired) electrons. The summed E-state index contributed by atoms with van der Waals surface area (Å²) >= 11 is 0. The Morgan fingerprint density at radius 1 is 1.21 bits per heavy atom. The van der Waals surface area contributed by atoms with Crippen molar-refractivity contribution < 1.29 is 19.5 Å². The zero-order valence-electron chi connectivity index (χ0n) is 14.2. The maximum atomic E-state index is 12.8. The molecule has 0 spiro atoms. The first-order chi connectivity index (χ1) is 11.4. The topological polar surface area (TPSA) is 102 Å². The van der Waals surface area contributed by atoms with Crippen molar-refractivity contribution in [3.8, 4) is 6.07 Å². The highest BCUT2D eigenvalue weighted by molar-refractivity contribution is 5.86. The van der Waals surface area contributed by atoms with Crippen LogP contribution in [0.1, 0.15) is 51.9 Å². The predicted octanol–water partition coefficient (Wildman–Crippen LogP) is 1.38. The fourth-order valence-electron chi connectivity index (χ4n) is 3.89. The Labute approximate surface area is 142 Å². The third-order valence-corrected chi connectivity index (χ3v) is 5.22. The van der Waals surface area contributed by atoms with E-state index in [-0.39, 0.29) is 24.4 Å². The van der Waals surface area contributed by atoms with Gasteiger partial charge in [0.25, 0.3) is 0 Å². The van der Waals surface area contributed by atoms with Gasteiger partial charge in [0.05, 0.1) is 6.07 Å². The van der Waals surface area contributed by atoms with Crippen molar-refractivity contribution in [2.24, 2.45) is 5.41 Å². The van der Waals surface area contributed by atoms with Crippen LogP contribution in [0.2, 0.25) is 0 Å². The zero-order valence-corrected chi connectivity index (χ0v) is 14.2. The van der Waals surface area contributed by atoms with E-state index in [2.05, 4.69) is 6.07 Å². The van der Waals surface area contributed by atoms with Crippen molar-refractivity contribution >= 4 is 17.8 Å². The summed E-state index contributed by atoms with van der Waals surface area (Å²) in [6.45, 7) is 2.10. The van der Waals surface area contributed by atoms with Crippen molar-refractivity contribution in [2.75, 3.05) is 19.6 Å². The molecule has 1 heterocycles. The average molecular weight is 335 g/mol. The van der Waals surface area contributed by atoms with E-state index >= 15 is 0 Å². The summed E-state index contributed by atoms with van der Waals surface area (Å²) in [5, 5.41) is 18.5. The van der Waals surface area contributed by atoms with Gasteiger partial charge < -0.3 is 14.9 Å². The molecule has 1 aliphatic carbocycles. The molecule has 1 saturated carbocycles. The Bertz CT molecular complexity index is 549. The third-order valence-electron chi connectivity index (χ3n) is 5.22. The predicted molar refractivity (Wildman–Crippen MR) is 85.8 cm³/mol. The molecule has 1 saturated heterocycles. The molecule has 0 aromatic carbocycles. The number of rotatable bonds is 4.